The highest BCUT2D eigenvalue weighted by molar-refractivity contribution is 5.76. The van der Waals surface area contributed by atoms with Crippen molar-refractivity contribution in [3.63, 3.8) is 0 Å². The van der Waals surface area contributed by atoms with Crippen LogP contribution in [0.2, 0.25) is 0 Å². The SMILES string of the molecule is CCCCCCC/C=C\C/C=C\C/C=C\CCCCCCCCCCCCCCCCCCCCCCCCCCCCC(=O)NC(COC1OC(CO)C(O)C(O)C1O)C(O)/C=C/CC/C=C/CC/C=C/CCCCCCCCCCCCCCCCCC. The van der Waals surface area contributed by atoms with Gasteiger partial charge in [0.25, 0.3) is 0 Å². The summed E-state index contributed by atoms with van der Waals surface area (Å²) in [5.41, 5.74) is 0. The zero-order valence-corrected chi connectivity index (χ0v) is 59.1. The highest BCUT2D eigenvalue weighted by Crippen LogP contribution is 2.24. The fourth-order valence-electron chi connectivity index (χ4n) is 12.4. The van der Waals surface area contributed by atoms with Crippen LogP contribution in [0, 0.1) is 0 Å². The Morgan fingerprint density at radius 2 is 0.667 bits per heavy atom. The first kappa shape index (κ1) is 85.6. The summed E-state index contributed by atoms with van der Waals surface area (Å²) < 4.78 is 11.3. The lowest BCUT2D eigenvalue weighted by Gasteiger charge is -2.40. The molecule has 0 aromatic rings. The van der Waals surface area contributed by atoms with Crippen LogP contribution in [0.3, 0.4) is 0 Å². The largest absolute Gasteiger partial charge is 0.394 e. The summed E-state index contributed by atoms with van der Waals surface area (Å²) >= 11 is 0. The fourth-order valence-corrected chi connectivity index (χ4v) is 12.4. The van der Waals surface area contributed by atoms with Crippen molar-refractivity contribution in [3.8, 4) is 0 Å². The number of nitrogens with one attached hydrogen (secondary N) is 1. The number of carbonyl (C=O) groups excluding carboxylic acids is 1. The summed E-state index contributed by atoms with van der Waals surface area (Å²) in [4.78, 5) is 13.2. The van der Waals surface area contributed by atoms with Crippen LogP contribution >= 0.6 is 0 Å². The molecule has 1 aliphatic rings. The second-order valence-corrected chi connectivity index (χ2v) is 27.1. The molecule has 1 heterocycles. The average molecular weight is 1270 g/mol. The summed E-state index contributed by atoms with van der Waals surface area (Å²) in [6.45, 7) is 3.79. The van der Waals surface area contributed by atoms with Gasteiger partial charge in [-0.3, -0.25) is 4.79 Å². The van der Waals surface area contributed by atoms with E-state index in [0.29, 0.717) is 6.42 Å². The minimum atomic E-state index is -1.58. The molecule has 0 bridgehead atoms. The maximum absolute atomic E-state index is 13.2. The predicted molar refractivity (Wildman–Crippen MR) is 387 cm³/mol. The molecule has 0 aromatic heterocycles. The number of hydrogen-bond acceptors (Lipinski definition) is 8. The third kappa shape index (κ3) is 57.1. The van der Waals surface area contributed by atoms with Gasteiger partial charge in [-0.15, -0.1) is 0 Å². The molecule has 7 atom stereocenters. The number of ether oxygens (including phenoxy) is 2. The lowest BCUT2D eigenvalue weighted by atomic mass is 9.99. The highest BCUT2D eigenvalue weighted by atomic mass is 16.7. The van der Waals surface area contributed by atoms with Gasteiger partial charge in [-0.1, -0.05) is 363 Å². The molecule has 0 radical (unpaired) electrons. The molecule has 0 aromatic carbocycles. The molecule has 6 N–H and O–H groups in total. The van der Waals surface area contributed by atoms with Gasteiger partial charge in [0.1, 0.15) is 24.4 Å². The Balaban J connectivity index is 2.07. The second kappa shape index (κ2) is 69.5. The van der Waals surface area contributed by atoms with E-state index in [1.165, 1.54) is 302 Å². The first-order valence-electron chi connectivity index (χ1n) is 39.2. The van der Waals surface area contributed by atoms with Crippen molar-refractivity contribution < 1.29 is 39.8 Å². The molecule has 90 heavy (non-hydrogen) atoms. The Labute approximate surface area is 557 Å². The van der Waals surface area contributed by atoms with Gasteiger partial charge in [0.2, 0.25) is 5.91 Å². The lowest BCUT2D eigenvalue weighted by Crippen LogP contribution is -2.60. The predicted octanol–water partition coefficient (Wildman–Crippen LogP) is 22.3. The number of unbranched alkanes of at least 4 members (excludes halogenated alkanes) is 49. The van der Waals surface area contributed by atoms with E-state index in [9.17, 15) is 30.3 Å². The number of rotatable bonds is 69. The number of amides is 1. The van der Waals surface area contributed by atoms with Crippen molar-refractivity contribution in [2.45, 2.75) is 423 Å². The standard InChI is InChI=1S/C81H149NO8/c1-3-5-7-9-11-13-15-17-19-21-23-25-27-29-31-32-33-34-35-36-37-38-39-40-41-42-43-44-45-47-49-51-53-55-57-59-61-63-65-67-69-71-77(85)82-74(73-89-81-80(88)79(87)78(86)76(72-83)90-81)75(84)70-68-66-64-62-60-58-56-54-52-50-48-46-30-28-26-24-22-20-18-16-14-12-10-8-6-4-2/h15,17,21,23,27,29,52,54,60,62,68,70,74-76,78-81,83-84,86-88H,3-14,16,18-20,22,24-26,28,30-51,53,55-59,61,63-67,69,71-73H2,1-2H3,(H,82,85)/b17-15-,23-21-,29-27-,54-52+,62-60+,70-68+. The summed E-state index contributed by atoms with van der Waals surface area (Å²) in [7, 11) is 0. The number of aliphatic hydroxyl groups is 5. The molecule has 9 nitrogen and oxygen atoms in total. The molecule has 1 rings (SSSR count). The maximum atomic E-state index is 13.2. The Kier molecular flexibility index (Phi) is 66.1. The first-order valence-corrected chi connectivity index (χ1v) is 39.2. The quantitative estimate of drug-likeness (QED) is 0.0261. The fraction of sp³-hybridized carbons (Fsp3) is 0.840. The summed E-state index contributed by atoms with van der Waals surface area (Å²) in [5, 5.41) is 54.8. The molecule has 9 heteroatoms. The Morgan fingerprint density at radius 3 is 1.01 bits per heavy atom. The lowest BCUT2D eigenvalue weighted by molar-refractivity contribution is -0.302. The minimum Gasteiger partial charge on any atom is -0.394 e. The van der Waals surface area contributed by atoms with Crippen LogP contribution in [-0.4, -0.2) is 87.5 Å². The number of aliphatic hydroxyl groups excluding tert-OH is 5. The Morgan fingerprint density at radius 1 is 0.378 bits per heavy atom. The number of hydrogen-bond donors (Lipinski definition) is 6. The maximum Gasteiger partial charge on any atom is 0.220 e. The molecule has 7 unspecified atom stereocenters. The van der Waals surface area contributed by atoms with Gasteiger partial charge in [-0.2, -0.15) is 0 Å². The van der Waals surface area contributed by atoms with Gasteiger partial charge >= 0.3 is 0 Å². The van der Waals surface area contributed by atoms with E-state index in [1.54, 1.807) is 6.08 Å². The molecule has 0 saturated carbocycles. The Bertz CT molecular complexity index is 1660. The van der Waals surface area contributed by atoms with E-state index >= 15 is 0 Å². The third-order valence-corrected chi connectivity index (χ3v) is 18.5. The number of allylic oxidation sites excluding steroid dienone is 11. The van der Waals surface area contributed by atoms with Crippen molar-refractivity contribution in [2.75, 3.05) is 13.2 Å². The van der Waals surface area contributed by atoms with Crippen molar-refractivity contribution >= 4 is 5.91 Å². The third-order valence-electron chi connectivity index (χ3n) is 18.5. The summed E-state index contributed by atoms with van der Waals surface area (Å²) in [6.07, 6.45) is 91.9. The van der Waals surface area contributed by atoms with Gasteiger partial charge in [-0.25, -0.2) is 0 Å². The monoisotopic (exact) mass is 1260 g/mol. The Hall–Kier alpha value is -2.37. The van der Waals surface area contributed by atoms with Crippen LogP contribution < -0.4 is 5.32 Å². The summed E-state index contributed by atoms with van der Waals surface area (Å²) in [5.74, 6) is -0.185. The van der Waals surface area contributed by atoms with Gasteiger partial charge in [0, 0.05) is 6.42 Å². The molecule has 1 amide bonds. The molecule has 0 aliphatic carbocycles. The zero-order chi connectivity index (χ0) is 64.9. The molecular weight excluding hydrogens is 1110 g/mol. The smallest absolute Gasteiger partial charge is 0.220 e. The van der Waals surface area contributed by atoms with Crippen molar-refractivity contribution in [1.82, 2.24) is 5.32 Å². The van der Waals surface area contributed by atoms with Gasteiger partial charge in [0.15, 0.2) is 6.29 Å². The first-order chi connectivity index (χ1) is 44.3. The molecule has 0 spiro atoms. The highest BCUT2D eigenvalue weighted by Gasteiger charge is 2.44. The summed E-state index contributed by atoms with van der Waals surface area (Å²) in [6, 6.07) is -0.831. The van der Waals surface area contributed by atoms with Crippen LogP contribution in [0.1, 0.15) is 380 Å². The van der Waals surface area contributed by atoms with Gasteiger partial charge < -0.3 is 40.3 Å². The van der Waals surface area contributed by atoms with Crippen LogP contribution in [0.15, 0.2) is 72.9 Å². The van der Waals surface area contributed by atoms with E-state index in [0.717, 1.165) is 57.8 Å². The van der Waals surface area contributed by atoms with Crippen LogP contribution in [0.25, 0.3) is 0 Å². The van der Waals surface area contributed by atoms with E-state index < -0.39 is 49.5 Å². The van der Waals surface area contributed by atoms with Crippen LogP contribution in [0.5, 0.6) is 0 Å². The van der Waals surface area contributed by atoms with Crippen molar-refractivity contribution in [1.29, 1.82) is 0 Å². The minimum absolute atomic E-state index is 0.185. The zero-order valence-electron chi connectivity index (χ0n) is 59.1. The molecule has 1 saturated heterocycles. The molecular formula is C81H149NO8. The molecule has 1 aliphatic heterocycles. The van der Waals surface area contributed by atoms with Crippen LogP contribution in [-0.2, 0) is 14.3 Å². The van der Waals surface area contributed by atoms with Gasteiger partial charge in [0.05, 0.1) is 25.4 Å². The molecule has 526 valence electrons. The van der Waals surface area contributed by atoms with Crippen LogP contribution in [0.4, 0.5) is 0 Å². The second-order valence-electron chi connectivity index (χ2n) is 27.1. The van der Waals surface area contributed by atoms with Crippen molar-refractivity contribution in [2.24, 2.45) is 0 Å². The topological polar surface area (TPSA) is 149 Å². The normalized spacial score (nSPS) is 18.1. The van der Waals surface area contributed by atoms with E-state index in [2.05, 4.69) is 79.9 Å². The van der Waals surface area contributed by atoms with Gasteiger partial charge in [-0.05, 0) is 83.5 Å². The molecule has 1 fully saturated rings. The van der Waals surface area contributed by atoms with E-state index in [4.69, 9.17) is 9.47 Å². The van der Waals surface area contributed by atoms with E-state index in [-0.39, 0.29) is 12.5 Å². The van der Waals surface area contributed by atoms with Crippen molar-refractivity contribution in [3.05, 3.63) is 72.9 Å². The number of carbonyl (C=O) groups is 1. The average Bonchev–Trinajstić information content (AvgIpc) is 1.28. The van der Waals surface area contributed by atoms with E-state index in [1.807, 2.05) is 6.08 Å².